The summed E-state index contributed by atoms with van der Waals surface area (Å²) < 4.78 is 25.7. The first kappa shape index (κ1) is 13.2. The van der Waals surface area contributed by atoms with Gasteiger partial charge in [-0.15, -0.1) is 0 Å². The van der Waals surface area contributed by atoms with Gasteiger partial charge in [-0.05, 0) is 0 Å². The molecule has 0 atom stereocenters. The van der Waals surface area contributed by atoms with Crippen molar-refractivity contribution in [1.82, 2.24) is 19.9 Å². The average Bonchev–Trinajstić information content (AvgIpc) is 2.31. The highest BCUT2D eigenvalue weighted by Gasteiger charge is 2.19. The van der Waals surface area contributed by atoms with Crippen LogP contribution in [0.15, 0.2) is 33.1 Å². The standard InChI is InChI=1S/C8H6ClN5O4S/c9-5-2-11-6(3-10-5)14-19(17,18)4-1-12-8(16)13-7(4)15/h1-3H,(H,11,14)(H2,12,13,15,16). The number of hydrogen-bond donors (Lipinski definition) is 3. The SMILES string of the molecule is O=c1[nH]cc(S(=O)(=O)Nc2cnc(Cl)cn2)c(=O)[nH]1. The van der Waals surface area contributed by atoms with Crippen molar-refractivity contribution in [2.45, 2.75) is 4.90 Å². The molecule has 0 aliphatic heterocycles. The molecule has 0 unspecified atom stereocenters. The van der Waals surface area contributed by atoms with Crippen LogP contribution >= 0.6 is 11.6 Å². The molecule has 2 heterocycles. The van der Waals surface area contributed by atoms with E-state index in [-0.39, 0.29) is 11.0 Å². The number of rotatable bonds is 3. The normalized spacial score (nSPS) is 11.2. The highest BCUT2D eigenvalue weighted by Crippen LogP contribution is 2.10. The van der Waals surface area contributed by atoms with Gasteiger partial charge in [-0.2, -0.15) is 0 Å². The third-order valence-corrected chi connectivity index (χ3v) is 3.49. The number of nitrogens with one attached hydrogen (secondary N) is 3. The van der Waals surface area contributed by atoms with E-state index in [0.29, 0.717) is 0 Å². The molecule has 2 rings (SSSR count). The summed E-state index contributed by atoms with van der Waals surface area (Å²) in [6.07, 6.45) is 3.00. The third-order valence-electron chi connectivity index (χ3n) is 1.93. The van der Waals surface area contributed by atoms with Gasteiger partial charge in [-0.1, -0.05) is 11.6 Å². The van der Waals surface area contributed by atoms with Gasteiger partial charge in [0.25, 0.3) is 15.6 Å². The first-order valence-electron chi connectivity index (χ1n) is 4.71. The van der Waals surface area contributed by atoms with Gasteiger partial charge in [-0.25, -0.2) is 23.2 Å². The van der Waals surface area contributed by atoms with Crippen LogP contribution in [0.25, 0.3) is 0 Å². The van der Waals surface area contributed by atoms with E-state index in [0.717, 1.165) is 18.6 Å². The molecular weight excluding hydrogens is 298 g/mol. The first-order chi connectivity index (χ1) is 8.88. The fraction of sp³-hybridized carbons (Fsp3) is 0. The lowest BCUT2D eigenvalue weighted by Gasteiger charge is -2.05. The summed E-state index contributed by atoms with van der Waals surface area (Å²) >= 11 is 5.50. The van der Waals surface area contributed by atoms with Crippen molar-refractivity contribution in [2.24, 2.45) is 0 Å². The van der Waals surface area contributed by atoms with E-state index in [1.54, 1.807) is 4.98 Å². The maximum Gasteiger partial charge on any atom is 0.325 e. The van der Waals surface area contributed by atoms with E-state index < -0.39 is 26.2 Å². The molecule has 0 aromatic carbocycles. The molecule has 0 aliphatic carbocycles. The van der Waals surface area contributed by atoms with Crippen molar-refractivity contribution in [3.05, 3.63) is 44.6 Å². The second kappa shape index (κ2) is 4.82. The van der Waals surface area contributed by atoms with Gasteiger partial charge in [0, 0.05) is 6.20 Å². The van der Waals surface area contributed by atoms with E-state index in [1.165, 1.54) is 0 Å². The molecule has 0 aliphatic rings. The number of hydrogen-bond acceptors (Lipinski definition) is 6. The molecule has 0 saturated carbocycles. The van der Waals surface area contributed by atoms with E-state index >= 15 is 0 Å². The molecule has 0 saturated heterocycles. The summed E-state index contributed by atoms with van der Waals surface area (Å²) in [5.41, 5.74) is -1.85. The van der Waals surface area contributed by atoms with Crippen LogP contribution in [0, 0.1) is 0 Å². The number of aromatic nitrogens is 4. The van der Waals surface area contributed by atoms with E-state index in [2.05, 4.69) is 15.0 Å². The highest BCUT2D eigenvalue weighted by molar-refractivity contribution is 7.92. The Labute approximate surface area is 110 Å². The van der Waals surface area contributed by atoms with Crippen molar-refractivity contribution in [3.8, 4) is 0 Å². The number of halogens is 1. The maximum atomic E-state index is 11.9. The smallest absolute Gasteiger partial charge is 0.313 e. The topological polar surface area (TPSA) is 138 Å². The molecule has 0 fully saturated rings. The van der Waals surface area contributed by atoms with E-state index in [1.807, 2.05) is 4.72 Å². The Bertz CT molecular complexity index is 810. The molecule has 0 radical (unpaired) electrons. The second-order valence-corrected chi connectivity index (χ2v) is 5.30. The Kier molecular flexibility index (Phi) is 3.36. The van der Waals surface area contributed by atoms with Crippen molar-refractivity contribution >= 4 is 27.4 Å². The van der Waals surface area contributed by atoms with Crippen LogP contribution in [-0.4, -0.2) is 28.4 Å². The lowest BCUT2D eigenvalue weighted by Crippen LogP contribution is -2.29. The quantitative estimate of drug-likeness (QED) is 0.686. The summed E-state index contributed by atoms with van der Waals surface area (Å²) in [4.78, 5) is 32.7. The Morgan fingerprint density at radius 1 is 1.21 bits per heavy atom. The zero-order valence-corrected chi connectivity index (χ0v) is 10.6. The van der Waals surface area contributed by atoms with Crippen molar-refractivity contribution in [2.75, 3.05) is 4.72 Å². The maximum absolute atomic E-state index is 11.9. The minimum atomic E-state index is -4.18. The Balaban J connectivity index is 2.40. The average molecular weight is 304 g/mol. The summed E-state index contributed by atoms with van der Waals surface area (Å²) in [6, 6.07) is 0. The van der Waals surface area contributed by atoms with Gasteiger partial charge >= 0.3 is 5.69 Å². The Morgan fingerprint density at radius 3 is 2.53 bits per heavy atom. The van der Waals surface area contributed by atoms with Crippen LogP contribution in [0.3, 0.4) is 0 Å². The first-order valence-corrected chi connectivity index (χ1v) is 6.57. The van der Waals surface area contributed by atoms with E-state index in [9.17, 15) is 18.0 Å². The van der Waals surface area contributed by atoms with Gasteiger partial charge in [-0.3, -0.25) is 14.5 Å². The largest absolute Gasteiger partial charge is 0.325 e. The van der Waals surface area contributed by atoms with Crippen molar-refractivity contribution < 1.29 is 8.42 Å². The molecule has 3 N–H and O–H groups in total. The highest BCUT2D eigenvalue weighted by atomic mass is 35.5. The molecule has 2 aromatic heterocycles. The van der Waals surface area contributed by atoms with Crippen molar-refractivity contribution in [1.29, 1.82) is 0 Å². The predicted octanol–water partition coefficient (Wildman–Crippen LogP) is -0.693. The van der Waals surface area contributed by atoms with E-state index in [4.69, 9.17) is 11.6 Å². The van der Waals surface area contributed by atoms with Gasteiger partial charge in [0.1, 0.15) is 5.15 Å². The second-order valence-electron chi connectivity index (χ2n) is 3.27. The zero-order valence-electron chi connectivity index (χ0n) is 9.05. The van der Waals surface area contributed by atoms with Crippen LogP contribution < -0.4 is 16.0 Å². The lowest BCUT2D eigenvalue weighted by molar-refractivity contribution is 0.598. The number of nitrogens with zero attached hydrogens (tertiary/aromatic N) is 2. The fourth-order valence-corrected chi connectivity index (χ4v) is 2.25. The van der Waals surface area contributed by atoms with Gasteiger partial charge in [0.05, 0.1) is 12.4 Å². The summed E-state index contributed by atoms with van der Waals surface area (Å²) in [6.45, 7) is 0. The summed E-state index contributed by atoms with van der Waals surface area (Å²) in [5.74, 6) is -0.116. The minimum absolute atomic E-state index is 0.0878. The minimum Gasteiger partial charge on any atom is -0.313 e. The van der Waals surface area contributed by atoms with Crippen LogP contribution in [-0.2, 0) is 10.0 Å². The van der Waals surface area contributed by atoms with Crippen LogP contribution in [0.1, 0.15) is 0 Å². The van der Waals surface area contributed by atoms with Gasteiger partial charge in [0.2, 0.25) is 0 Å². The zero-order chi connectivity index (χ0) is 14.0. The Morgan fingerprint density at radius 2 is 1.95 bits per heavy atom. The number of aromatic amines is 2. The number of anilines is 1. The molecule has 100 valence electrons. The molecule has 11 heteroatoms. The molecule has 0 bridgehead atoms. The van der Waals surface area contributed by atoms with Crippen molar-refractivity contribution in [3.63, 3.8) is 0 Å². The number of H-pyrrole nitrogens is 2. The lowest BCUT2D eigenvalue weighted by atomic mass is 10.7. The van der Waals surface area contributed by atoms with Crippen LogP contribution in [0.5, 0.6) is 0 Å². The van der Waals surface area contributed by atoms with Gasteiger partial charge in [0.15, 0.2) is 10.7 Å². The summed E-state index contributed by atoms with van der Waals surface area (Å²) in [5, 5.41) is 0.0878. The fourth-order valence-electron chi connectivity index (χ4n) is 1.15. The number of sulfonamides is 1. The third kappa shape index (κ3) is 2.98. The molecule has 0 amide bonds. The predicted molar refractivity (Wildman–Crippen MR) is 65.5 cm³/mol. The molecule has 0 spiro atoms. The summed E-state index contributed by atoms with van der Waals surface area (Å²) in [7, 11) is -4.18. The molecule has 2 aromatic rings. The van der Waals surface area contributed by atoms with Crippen LogP contribution in [0.2, 0.25) is 5.15 Å². The molecule has 9 nitrogen and oxygen atoms in total. The monoisotopic (exact) mass is 303 g/mol. The molecule has 19 heavy (non-hydrogen) atoms. The Hall–Kier alpha value is -2.20. The van der Waals surface area contributed by atoms with Crippen LogP contribution in [0.4, 0.5) is 5.82 Å². The van der Waals surface area contributed by atoms with Gasteiger partial charge < -0.3 is 4.98 Å². The molecular formula is C8H6ClN5O4S.